The molecule has 0 bridgehead atoms. The quantitative estimate of drug-likeness (QED) is 0.821. The predicted molar refractivity (Wildman–Crippen MR) is 67.9 cm³/mol. The molecule has 1 unspecified atom stereocenters. The van der Waals surface area contributed by atoms with Gasteiger partial charge in [0, 0.05) is 19.5 Å². The van der Waals surface area contributed by atoms with E-state index in [0.717, 1.165) is 31.8 Å². The molecule has 16 heavy (non-hydrogen) atoms. The molecule has 0 radical (unpaired) electrons. The Kier molecular flexibility index (Phi) is 5.56. The molecule has 0 aromatic carbocycles. The fourth-order valence-electron chi connectivity index (χ4n) is 2.44. The molecule has 2 fully saturated rings. The minimum absolute atomic E-state index is 0. The van der Waals surface area contributed by atoms with Gasteiger partial charge in [-0.1, -0.05) is 0 Å². The van der Waals surface area contributed by atoms with Gasteiger partial charge in [-0.15, -0.1) is 12.4 Å². The molecule has 3 nitrogen and oxygen atoms in total. The van der Waals surface area contributed by atoms with Crippen molar-refractivity contribution in [3.05, 3.63) is 0 Å². The molecule has 2 rings (SSSR count). The van der Waals surface area contributed by atoms with E-state index in [1.54, 1.807) is 0 Å². The van der Waals surface area contributed by atoms with Crippen molar-refractivity contribution in [1.29, 1.82) is 0 Å². The van der Waals surface area contributed by atoms with E-state index in [1.165, 1.54) is 25.7 Å². The normalized spacial score (nSPS) is 24.7. The fraction of sp³-hybridized carbons (Fsp3) is 0.917. The van der Waals surface area contributed by atoms with Gasteiger partial charge < -0.3 is 10.2 Å². The second kappa shape index (κ2) is 6.45. The monoisotopic (exact) mass is 246 g/mol. The van der Waals surface area contributed by atoms with Crippen molar-refractivity contribution in [3.8, 4) is 0 Å². The van der Waals surface area contributed by atoms with Crippen LogP contribution in [0.3, 0.4) is 0 Å². The molecule has 0 aromatic rings. The third-order valence-electron chi connectivity index (χ3n) is 3.94. The molecule has 2 aliphatic rings. The first-order chi connectivity index (χ1) is 7.27. The third kappa shape index (κ3) is 3.36. The third-order valence-corrected chi connectivity index (χ3v) is 3.94. The van der Waals surface area contributed by atoms with E-state index in [9.17, 15) is 4.79 Å². The number of nitrogens with zero attached hydrogens (tertiary/aromatic N) is 1. The Bertz CT molecular complexity index is 225. The summed E-state index contributed by atoms with van der Waals surface area (Å²) in [5, 5.41) is 3.35. The van der Waals surface area contributed by atoms with Crippen LogP contribution in [0.5, 0.6) is 0 Å². The molecule has 1 heterocycles. The Morgan fingerprint density at radius 3 is 2.62 bits per heavy atom. The lowest BCUT2D eigenvalue weighted by atomic mass is 9.91. The van der Waals surface area contributed by atoms with Crippen LogP contribution in [0.4, 0.5) is 0 Å². The highest BCUT2D eigenvalue weighted by atomic mass is 35.5. The Hall–Kier alpha value is -0.280. The summed E-state index contributed by atoms with van der Waals surface area (Å²) in [5.41, 5.74) is 0. The van der Waals surface area contributed by atoms with Gasteiger partial charge in [0.15, 0.2) is 0 Å². The van der Waals surface area contributed by atoms with Gasteiger partial charge in [-0.05, 0) is 51.1 Å². The average Bonchev–Trinajstić information content (AvgIpc) is 2.63. The first-order valence-electron chi connectivity index (χ1n) is 6.24. The van der Waals surface area contributed by atoms with Crippen molar-refractivity contribution >= 4 is 18.3 Å². The second-order valence-corrected chi connectivity index (χ2v) is 4.99. The molecule has 0 spiro atoms. The Balaban J connectivity index is 0.00000128. The van der Waals surface area contributed by atoms with Gasteiger partial charge in [0.25, 0.3) is 0 Å². The van der Waals surface area contributed by atoms with Crippen molar-refractivity contribution in [2.75, 3.05) is 20.1 Å². The number of amides is 1. The minimum atomic E-state index is 0. The summed E-state index contributed by atoms with van der Waals surface area (Å²) in [7, 11) is 1.97. The van der Waals surface area contributed by atoms with Gasteiger partial charge in [0.1, 0.15) is 0 Å². The van der Waals surface area contributed by atoms with E-state index in [-0.39, 0.29) is 12.4 Å². The van der Waals surface area contributed by atoms with Crippen molar-refractivity contribution in [2.24, 2.45) is 5.92 Å². The number of halogens is 1. The van der Waals surface area contributed by atoms with Crippen LogP contribution in [0.1, 0.15) is 38.5 Å². The van der Waals surface area contributed by atoms with E-state index in [4.69, 9.17) is 0 Å². The van der Waals surface area contributed by atoms with Crippen LogP contribution in [-0.4, -0.2) is 37.0 Å². The molecule has 94 valence electrons. The number of hydrogen-bond acceptors (Lipinski definition) is 2. The van der Waals surface area contributed by atoms with Gasteiger partial charge in [0.2, 0.25) is 5.91 Å². The molecule has 1 saturated heterocycles. The van der Waals surface area contributed by atoms with E-state index >= 15 is 0 Å². The average molecular weight is 247 g/mol. The van der Waals surface area contributed by atoms with E-state index in [1.807, 2.05) is 11.9 Å². The summed E-state index contributed by atoms with van der Waals surface area (Å²) in [4.78, 5) is 13.8. The largest absolute Gasteiger partial charge is 0.343 e. The summed E-state index contributed by atoms with van der Waals surface area (Å²) in [6.45, 7) is 2.25. The van der Waals surface area contributed by atoms with Crippen molar-refractivity contribution in [3.63, 3.8) is 0 Å². The fourth-order valence-corrected chi connectivity index (χ4v) is 2.44. The van der Waals surface area contributed by atoms with Gasteiger partial charge in [-0.2, -0.15) is 0 Å². The van der Waals surface area contributed by atoms with Crippen molar-refractivity contribution < 1.29 is 4.79 Å². The lowest BCUT2D eigenvalue weighted by Crippen LogP contribution is -2.41. The van der Waals surface area contributed by atoms with Crippen LogP contribution >= 0.6 is 12.4 Å². The molecule has 0 aromatic heterocycles. The maximum Gasteiger partial charge on any atom is 0.222 e. The summed E-state index contributed by atoms with van der Waals surface area (Å²) in [5.74, 6) is 1.09. The molecular weight excluding hydrogens is 224 g/mol. The molecule has 1 atom stereocenters. The van der Waals surface area contributed by atoms with Crippen LogP contribution in [0.15, 0.2) is 0 Å². The molecule has 1 aliphatic carbocycles. The zero-order valence-electron chi connectivity index (χ0n) is 10.1. The predicted octanol–water partition coefficient (Wildman–Crippen LogP) is 1.81. The van der Waals surface area contributed by atoms with Crippen LogP contribution in [-0.2, 0) is 4.79 Å². The summed E-state index contributed by atoms with van der Waals surface area (Å²) in [6.07, 6.45) is 6.80. The zero-order valence-corrected chi connectivity index (χ0v) is 10.9. The molecule has 1 aliphatic heterocycles. The van der Waals surface area contributed by atoms with Crippen LogP contribution < -0.4 is 5.32 Å². The zero-order chi connectivity index (χ0) is 10.7. The van der Waals surface area contributed by atoms with E-state index < -0.39 is 0 Å². The molecule has 4 heteroatoms. The SMILES string of the molecule is CN(C(=O)CCC1CCNC1)C1CCC1.Cl. The first kappa shape index (κ1) is 13.8. The highest BCUT2D eigenvalue weighted by molar-refractivity contribution is 5.85. The Labute approximate surface area is 104 Å². The lowest BCUT2D eigenvalue weighted by Gasteiger charge is -2.35. The smallest absolute Gasteiger partial charge is 0.222 e. The van der Waals surface area contributed by atoms with Crippen LogP contribution in [0, 0.1) is 5.92 Å². The minimum Gasteiger partial charge on any atom is -0.343 e. The van der Waals surface area contributed by atoms with Gasteiger partial charge in [0.05, 0.1) is 0 Å². The number of carbonyl (C=O) groups excluding carboxylic acids is 1. The van der Waals surface area contributed by atoms with E-state index in [2.05, 4.69) is 5.32 Å². The highest BCUT2D eigenvalue weighted by Gasteiger charge is 2.26. The van der Waals surface area contributed by atoms with Gasteiger partial charge in [-0.3, -0.25) is 4.79 Å². The molecule has 1 saturated carbocycles. The molecule has 1 amide bonds. The molecule has 1 N–H and O–H groups in total. The topological polar surface area (TPSA) is 32.3 Å². The molecular formula is C12H23ClN2O. The summed E-state index contributed by atoms with van der Waals surface area (Å²) >= 11 is 0. The lowest BCUT2D eigenvalue weighted by molar-refractivity contribution is -0.133. The number of carbonyl (C=O) groups is 1. The van der Waals surface area contributed by atoms with Gasteiger partial charge in [-0.25, -0.2) is 0 Å². The number of nitrogens with one attached hydrogen (secondary N) is 1. The van der Waals surface area contributed by atoms with Crippen molar-refractivity contribution in [1.82, 2.24) is 10.2 Å². The van der Waals surface area contributed by atoms with Crippen LogP contribution in [0.2, 0.25) is 0 Å². The van der Waals surface area contributed by atoms with Gasteiger partial charge >= 0.3 is 0 Å². The maximum absolute atomic E-state index is 11.8. The Morgan fingerprint density at radius 1 is 1.38 bits per heavy atom. The second-order valence-electron chi connectivity index (χ2n) is 4.99. The number of rotatable bonds is 4. The summed E-state index contributed by atoms with van der Waals surface area (Å²) in [6, 6.07) is 0.555. The summed E-state index contributed by atoms with van der Waals surface area (Å²) < 4.78 is 0. The Morgan fingerprint density at radius 2 is 2.12 bits per heavy atom. The maximum atomic E-state index is 11.8. The highest BCUT2D eigenvalue weighted by Crippen LogP contribution is 2.24. The standard InChI is InChI=1S/C12H22N2O.ClH/c1-14(11-3-2-4-11)12(15)6-5-10-7-8-13-9-10;/h10-11,13H,2-9H2,1H3;1H. The van der Waals surface area contributed by atoms with Crippen molar-refractivity contribution in [2.45, 2.75) is 44.6 Å². The first-order valence-corrected chi connectivity index (χ1v) is 6.24. The van der Waals surface area contributed by atoms with Crippen LogP contribution in [0.25, 0.3) is 0 Å². The van der Waals surface area contributed by atoms with E-state index in [0.29, 0.717) is 11.9 Å². The number of hydrogen-bond donors (Lipinski definition) is 1.